The summed E-state index contributed by atoms with van der Waals surface area (Å²) in [6.07, 6.45) is 3.75. The smallest absolute Gasteiger partial charge is 0.317 e. The highest BCUT2D eigenvalue weighted by molar-refractivity contribution is 6.30. The van der Waals surface area contributed by atoms with E-state index in [4.69, 9.17) is 21.1 Å². The average Bonchev–Trinajstić information content (AvgIpc) is 2.69. The monoisotopic (exact) mass is 414 g/mol. The van der Waals surface area contributed by atoms with Crippen LogP contribution < -0.4 is 15.0 Å². The Morgan fingerprint density at radius 3 is 2.41 bits per heavy atom. The Balaban J connectivity index is 1.66. The number of benzene rings is 2. The average molecular weight is 415 g/mol. The van der Waals surface area contributed by atoms with Crippen LogP contribution in [0.2, 0.25) is 5.02 Å². The van der Waals surface area contributed by atoms with Crippen molar-refractivity contribution < 1.29 is 14.6 Å². The first-order chi connectivity index (χ1) is 13.8. The van der Waals surface area contributed by atoms with E-state index in [2.05, 4.69) is 4.98 Å². The summed E-state index contributed by atoms with van der Waals surface area (Å²) in [7, 11) is 0. The topological polar surface area (TPSA) is 73.6 Å². The number of aliphatic hydroxyl groups is 1. The number of ether oxygens (including phenoxy) is 2. The molecule has 0 radical (unpaired) electrons. The third kappa shape index (κ3) is 6.07. The first-order valence-electron chi connectivity index (χ1n) is 9.22. The summed E-state index contributed by atoms with van der Waals surface area (Å²) < 4.78 is 12.6. The van der Waals surface area contributed by atoms with Crippen LogP contribution in [0.1, 0.15) is 19.4 Å². The van der Waals surface area contributed by atoms with Crippen LogP contribution in [0.5, 0.6) is 11.6 Å². The highest BCUT2D eigenvalue weighted by atomic mass is 35.5. The number of aromatic nitrogens is 2. The molecule has 3 aromatic rings. The minimum absolute atomic E-state index is 0.0452. The van der Waals surface area contributed by atoms with Gasteiger partial charge in [0.1, 0.15) is 12.4 Å². The van der Waals surface area contributed by atoms with Crippen LogP contribution in [0.25, 0.3) is 5.69 Å². The maximum absolute atomic E-state index is 12.7. The molecule has 152 valence electrons. The number of hydrogen-bond acceptors (Lipinski definition) is 5. The maximum atomic E-state index is 12.7. The van der Waals surface area contributed by atoms with E-state index in [0.29, 0.717) is 29.5 Å². The molecule has 0 atom stereocenters. The molecule has 1 aromatic heterocycles. The summed E-state index contributed by atoms with van der Waals surface area (Å²) in [5.74, 6) is 0.654. The van der Waals surface area contributed by atoms with Gasteiger partial charge in [0.2, 0.25) is 0 Å². The van der Waals surface area contributed by atoms with Gasteiger partial charge in [0, 0.05) is 29.5 Å². The maximum Gasteiger partial charge on any atom is 0.317 e. The Hall–Kier alpha value is -2.83. The second-order valence-electron chi connectivity index (χ2n) is 7.23. The summed E-state index contributed by atoms with van der Waals surface area (Å²) in [6.45, 7) is 3.85. The minimum atomic E-state index is -0.918. The van der Waals surface area contributed by atoms with Crippen molar-refractivity contribution in [2.45, 2.75) is 25.9 Å². The molecule has 0 aliphatic heterocycles. The first kappa shape index (κ1) is 20.9. The van der Waals surface area contributed by atoms with Gasteiger partial charge in [-0.25, -0.2) is 4.98 Å². The van der Waals surface area contributed by atoms with Crippen molar-refractivity contribution in [1.82, 2.24) is 9.55 Å². The van der Waals surface area contributed by atoms with E-state index in [1.165, 1.54) is 10.8 Å². The molecule has 3 rings (SSSR count). The van der Waals surface area contributed by atoms with Gasteiger partial charge in [0.15, 0.2) is 0 Å². The van der Waals surface area contributed by atoms with Crippen LogP contribution in [0.3, 0.4) is 0 Å². The van der Waals surface area contributed by atoms with Crippen molar-refractivity contribution >= 4 is 11.6 Å². The van der Waals surface area contributed by atoms with Crippen LogP contribution in [0, 0.1) is 0 Å². The molecule has 2 aromatic carbocycles. The Morgan fingerprint density at radius 1 is 1.07 bits per heavy atom. The van der Waals surface area contributed by atoms with E-state index >= 15 is 0 Å². The summed E-state index contributed by atoms with van der Waals surface area (Å²) in [5, 5.41) is 10.4. The molecule has 29 heavy (non-hydrogen) atoms. The van der Waals surface area contributed by atoms with Gasteiger partial charge in [-0.05, 0) is 55.8 Å². The lowest BCUT2D eigenvalue weighted by Gasteiger charge is -2.18. The molecule has 0 spiro atoms. The lowest BCUT2D eigenvalue weighted by Crippen LogP contribution is -2.27. The van der Waals surface area contributed by atoms with E-state index in [9.17, 15) is 9.90 Å². The summed E-state index contributed by atoms with van der Waals surface area (Å²) in [4.78, 5) is 16.7. The van der Waals surface area contributed by atoms with Gasteiger partial charge >= 0.3 is 5.56 Å². The molecule has 0 saturated heterocycles. The van der Waals surface area contributed by atoms with Crippen LogP contribution in [-0.2, 0) is 6.42 Å². The first-order valence-corrected chi connectivity index (χ1v) is 9.60. The molecule has 0 aliphatic rings. The Labute approximate surface area is 174 Å². The molecular weight excluding hydrogens is 392 g/mol. The second-order valence-corrected chi connectivity index (χ2v) is 7.66. The Kier molecular flexibility index (Phi) is 6.56. The van der Waals surface area contributed by atoms with Crippen molar-refractivity contribution in [3.05, 3.63) is 81.9 Å². The molecule has 0 unspecified atom stereocenters. The zero-order valence-electron chi connectivity index (χ0n) is 16.3. The highest BCUT2D eigenvalue weighted by Crippen LogP contribution is 2.16. The van der Waals surface area contributed by atoms with Crippen molar-refractivity contribution in [2.24, 2.45) is 0 Å². The van der Waals surface area contributed by atoms with Gasteiger partial charge in [0.25, 0.3) is 5.88 Å². The van der Waals surface area contributed by atoms with Crippen LogP contribution >= 0.6 is 11.6 Å². The predicted octanol–water partition coefficient (Wildman–Crippen LogP) is 3.66. The fourth-order valence-electron chi connectivity index (χ4n) is 2.58. The molecule has 6 nitrogen and oxygen atoms in total. The fraction of sp³-hybridized carbons (Fsp3) is 0.273. The van der Waals surface area contributed by atoms with Crippen LogP contribution in [0.4, 0.5) is 0 Å². The van der Waals surface area contributed by atoms with Crippen molar-refractivity contribution in [2.75, 3.05) is 13.2 Å². The van der Waals surface area contributed by atoms with E-state index in [1.54, 1.807) is 44.3 Å². The summed E-state index contributed by atoms with van der Waals surface area (Å²) >= 11 is 5.88. The van der Waals surface area contributed by atoms with Crippen molar-refractivity contribution in [3.8, 4) is 17.3 Å². The quantitative estimate of drug-likeness (QED) is 0.609. The summed E-state index contributed by atoms with van der Waals surface area (Å²) in [6, 6.07) is 14.5. The standard InChI is InChI=1S/C22H23ClN2O4/c1-22(2,27)15-29-19-9-7-18(8-10-19)25-13-12-24-20(21(25)26)28-14-11-16-3-5-17(23)6-4-16/h3-10,12-13,27H,11,14-15H2,1-2H3. The van der Waals surface area contributed by atoms with Gasteiger partial charge in [-0.15, -0.1) is 0 Å². The third-order valence-electron chi connectivity index (χ3n) is 4.06. The third-order valence-corrected chi connectivity index (χ3v) is 4.31. The van der Waals surface area contributed by atoms with Gasteiger partial charge in [-0.2, -0.15) is 0 Å². The van der Waals surface area contributed by atoms with Crippen molar-refractivity contribution in [3.63, 3.8) is 0 Å². The highest BCUT2D eigenvalue weighted by Gasteiger charge is 2.13. The number of hydrogen-bond donors (Lipinski definition) is 1. The zero-order chi connectivity index (χ0) is 20.9. The van der Waals surface area contributed by atoms with Crippen LogP contribution in [-0.4, -0.2) is 33.5 Å². The molecule has 1 heterocycles. The van der Waals surface area contributed by atoms with E-state index in [-0.39, 0.29) is 18.0 Å². The number of nitrogens with zero attached hydrogens (tertiary/aromatic N) is 2. The van der Waals surface area contributed by atoms with Gasteiger partial charge in [-0.1, -0.05) is 23.7 Å². The van der Waals surface area contributed by atoms with E-state index < -0.39 is 5.60 Å². The largest absolute Gasteiger partial charge is 0.491 e. The Morgan fingerprint density at radius 2 is 1.76 bits per heavy atom. The lowest BCUT2D eigenvalue weighted by molar-refractivity contribution is 0.0285. The minimum Gasteiger partial charge on any atom is -0.491 e. The molecule has 0 amide bonds. The lowest BCUT2D eigenvalue weighted by atomic mass is 10.2. The van der Waals surface area contributed by atoms with Gasteiger partial charge in [-0.3, -0.25) is 9.36 Å². The van der Waals surface area contributed by atoms with Crippen molar-refractivity contribution in [1.29, 1.82) is 0 Å². The van der Waals surface area contributed by atoms with Gasteiger partial charge in [0.05, 0.1) is 12.2 Å². The number of rotatable bonds is 8. The Bertz CT molecular complexity index is 993. The molecule has 1 N–H and O–H groups in total. The SMILES string of the molecule is CC(C)(O)COc1ccc(-n2ccnc(OCCc3ccc(Cl)cc3)c2=O)cc1. The molecule has 0 bridgehead atoms. The molecule has 0 fully saturated rings. The molecular formula is C22H23ClN2O4. The van der Waals surface area contributed by atoms with E-state index in [1.807, 2.05) is 24.3 Å². The second kappa shape index (κ2) is 9.11. The molecule has 0 saturated carbocycles. The van der Waals surface area contributed by atoms with Gasteiger partial charge < -0.3 is 14.6 Å². The summed E-state index contributed by atoms with van der Waals surface area (Å²) in [5.41, 5.74) is 0.468. The molecule has 0 aliphatic carbocycles. The fourth-order valence-corrected chi connectivity index (χ4v) is 2.70. The zero-order valence-corrected chi connectivity index (χ0v) is 17.1. The van der Waals surface area contributed by atoms with E-state index in [0.717, 1.165) is 5.56 Å². The normalized spacial score (nSPS) is 11.3. The molecule has 7 heteroatoms. The number of halogens is 1. The predicted molar refractivity (Wildman–Crippen MR) is 112 cm³/mol. The van der Waals surface area contributed by atoms with Crippen LogP contribution in [0.15, 0.2) is 65.7 Å².